The number of carbonyl (C=O) groups is 1. The van der Waals surface area contributed by atoms with Crippen LogP contribution in [0.25, 0.3) is 11.3 Å². The number of anilines is 1. The highest BCUT2D eigenvalue weighted by Gasteiger charge is 2.36. The predicted molar refractivity (Wildman–Crippen MR) is 116 cm³/mol. The molecule has 2 aromatic carbocycles. The fourth-order valence-electron chi connectivity index (χ4n) is 2.92. The van der Waals surface area contributed by atoms with E-state index in [-0.39, 0.29) is 16.5 Å². The largest absolute Gasteiger partial charge is 0.497 e. The van der Waals surface area contributed by atoms with Crippen LogP contribution in [0.1, 0.15) is 16.7 Å². The van der Waals surface area contributed by atoms with Gasteiger partial charge in [0.15, 0.2) is 0 Å². The molecule has 0 saturated heterocycles. The number of nitrogens with zero attached hydrogens (tertiary/aromatic N) is 2. The number of hydrogen-bond acceptors (Lipinski definition) is 5. The van der Waals surface area contributed by atoms with Crippen LogP contribution in [-0.4, -0.2) is 23.8 Å². The molecule has 1 N–H and O–H groups in total. The van der Waals surface area contributed by atoms with E-state index < -0.39 is 23.2 Å². The Bertz CT molecular complexity index is 1170. The normalized spacial score (nSPS) is 11.0. The third-order valence-electron chi connectivity index (χ3n) is 4.43. The monoisotopic (exact) mass is 457 g/mol. The average molecular weight is 457 g/mol. The van der Waals surface area contributed by atoms with Gasteiger partial charge in [0, 0.05) is 11.3 Å². The molecule has 3 rings (SSSR count). The second-order valence-corrected chi connectivity index (χ2v) is 7.74. The zero-order chi connectivity index (χ0) is 23.3. The Morgan fingerprint density at radius 2 is 1.91 bits per heavy atom. The maximum atomic E-state index is 13.7. The first-order valence-corrected chi connectivity index (χ1v) is 10.4. The number of pyridine rings is 1. The number of nitrogens with one attached hydrogen (secondary N) is 1. The zero-order valence-electron chi connectivity index (χ0n) is 17.2. The van der Waals surface area contributed by atoms with Crippen molar-refractivity contribution >= 4 is 23.4 Å². The van der Waals surface area contributed by atoms with Gasteiger partial charge < -0.3 is 10.1 Å². The van der Waals surface area contributed by atoms with Gasteiger partial charge in [-0.25, -0.2) is 4.98 Å². The summed E-state index contributed by atoms with van der Waals surface area (Å²) in [6, 6.07) is 15.9. The van der Waals surface area contributed by atoms with Crippen LogP contribution in [0.3, 0.4) is 0 Å². The van der Waals surface area contributed by atoms with Crippen molar-refractivity contribution in [2.45, 2.75) is 18.1 Å². The van der Waals surface area contributed by atoms with Crippen LogP contribution >= 0.6 is 11.8 Å². The van der Waals surface area contributed by atoms with Gasteiger partial charge >= 0.3 is 6.18 Å². The molecule has 0 aliphatic heterocycles. The van der Waals surface area contributed by atoms with E-state index in [1.807, 2.05) is 13.0 Å². The molecular formula is C23H18F3N3O2S. The lowest BCUT2D eigenvalue weighted by Gasteiger charge is -2.14. The summed E-state index contributed by atoms with van der Waals surface area (Å²) in [5.74, 6) is -0.0885. The van der Waals surface area contributed by atoms with Crippen molar-refractivity contribution in [2.75, 3.05) is 18.2 Å². The fourth-order valence-corrected chi connectivity index (χ4v) is 3.72. The molecule has 0 aliphatic carbocycles. The molecule has 0 aliphatic rings. The van der Waals surface area contributed by atoms with E-state index in [0.29, 0.717) is 17.0 Å². The highest BCUT2D eigenvalue weighted by atomic mass is 32.2. The molecule has 1 amide bonds. The molecule has 0 radical (unpaired) electrons. The second-order valence-electron chi connectivity index (χ2n) is 6.78. The van der Waals surface area contributed by atoms with Gasteiger partial charge in [0.25, 0.3) is 0 Å². The Morgan fingerprint density at radius 1 is 1.19 bits per heavy atom. The van der Waals surface area contributed by atoms with Crippen LogP contribution in [0, 0.1) is 18.3 Å². The minimum absolute atomic E-state index is 0.0422. The number of benzene rings is 2. The Morgan fingerprint density at radius 3 is 2.50 bits per heavy atom. The highest BCUT2D eigenvalue weighted by molar-refractivity contribution is 8.00. The van der Waals surface area contributed by atoms with E-state index in [0.717, 1.165) is 23.4 Å². The van der Waals surface area contributed by atoms with Crippen LogP contribution in [0.15, 0.2) is 59.6 Å². The Balaban J connectivity index is 1.92. The number of amides is 1. The Kier molecular flexibility index (Phi) is 7.05. The van der Waals surface area contributed by atoms with E-state index >= 15 is 0 Å². The smallest absolute Gasteiger partial charge is 0.417 e. The van der Waals surface area contributed by atoms with Crippen LogP contribution in [0.4, 0.5) is 18.9 Å². The third-order valence-corrected chi connectivity index (χ3v) is 5.41. The van der Waals surface area contributed by atoms with Gasteiger partial charge in [-0.3, -0.25) is 4.79 Å². The van der Waals surface area contributed by atoms with E-state index in [9.17, 15) is 23.2 Å². The summed E-state index contributed by atoms with van der Waals surface area (Å²) in [4.78, 5) is 16.6. The number of aryl methyl sites for hydroxylation is 1. The molecule has 32 heavy (non-hydrogen) atoms. The molecule has 1 heterocycles. The fraction of sp³-hybridized carbons (Fsp3) is 0.174. The Hall–Kier alpha value is -3.51. The summed E-state index contributed by atoms with van der Waals surface area (Å²) in [6.07, 6.45) is -4.76. The maximum Gasteiger partial charge on any atom is 0.417 e. The lowest BCUT2D eigenvalue weighted by atomic mass is 10.1. The molecule has 5 nitrogen and oxygen atoms in total. The van der Waals surface area contributed by atoms with Gasteiger partial charge in [-0.2, -0.15) is 18.4 Å². The lowest BCUT2D eigenvalue weighted by Crippen LogP contribution is -2.15. The summed E-state index contributed by atoms with van der Waals surface area (Å²) < 4.78 is 46.1. The molecule has 1 aromatic heterocycles. The van der Waals surface area contributed by atoms with Crippen molar-refractivity contribution in [1.82, 2.24) is 4.98 Å². The number of alkyl halides is 3. The number of rotatable bonds is 6. The number of nitriles is 1. The summed E-state index contributed by atoms with van der Waals surface area (Å²) in [5.41, 5.74) is 0.288. The van der Waals surface area contributed by atoms with Crippen molar-refractivity contribution in [3.63, 3.8) is 0 Å². The lowest BCUT2D eigenvalue weighted by molar-refractivity contribution is -0.138. The van der Waals surface area contributed by atoms with E-state index in [2.05, 4.69) is 10.3 Å². The molecule has 0 fully saturated rings. The first kappa shape index (κ1) is 23.2. The number of thioether (sulfide) groups is 1. The van der Waals surface area contributed by atoms with Gasteiger partial charge in [0.2, 0.25) is 5.91 Å². The van der Waals surface area contributed by atoms with Crippen LogP contribution < -0.4 is 10.1 Å². The van der Waals surface area contributed by atoms with Crippen LogP contribution in [0.2, 0.25) is 0 Å². The molecule has 9 heteroatoms. The third kappa shape index (κ3) is 5.59. The van der Waals surface area contributed by atoms with Crippen LogP contribution in [-0.2, 0) is 11.0 Å². The molecule has 0 bridgehead atoms. The minimum atomic E-state index is -4.76. The zero-order valence-corrected chi connectivity index (χ0v) is 18.0. The average Bonchev–Trinajstić information content (AvgIpc) is 2.76. The predicted octanol–water partition coefficient (Wildman–Crippen LogP) is 5.69. The van der Waals surface area contributed by atoms with E-state index in [1.165, 1.54) is 7.11 Å². The summed E-state index contributed by atoms with van der Waals surface area (Å²) >= 11 is 0.780. The first-order valence-electron chi connectivity index (χ1n) is 9.37. The van der Waals surface area contributed by atoms with E-state index in [1.54, 1.807) is 48.5 Å². The SMILES string of the molecule is COc1ccc(-c2cc(C(F)(F)F)c(C#N)c(SCC(=O)Nc3cccc(C)c3)n2)cc1. The summed E-state index contributed by atoms with van der Waals surface area (Å²) in [6.45, 7) is 1.87. The van der Waals surface area contributed by atoms with Crippen molar-refractivity contribution in [2.24, 2.45) is 0 Å². The first-order chi connectivity index (χ1) is 15.2. The standard InChI is InChI=1S/C23H18F3N3O2S/c1-14-4-3-5-16(10-14)28-21(30)13-32-22-18(12-27)19(23(24,25)26)11-20(29-22)15-6-8-17(31-2)9-7-15/h3-11H,13H2,1-2H3,(H,28,30). The maximum absolute atomic E-state index is 13.7. The summed E-state index contributed by atoms with van der Waals surface area (Å²) in [5, 5.41) is 11.9. The molecule has 0 atom stereocenters. The van der Waals surface area contributed by atoms with Crippen molar-refractivity contribution in [1.29, 1.82) is 5.26 Å². The molecular weight excluding hydrogens is 439 g/mol. The van der Waals surface area contributed by atoms with Crippen molar-refractivity contribution in [3.8, 4) is 23.1 Å². The van der Waals surface area contributed by atoms with Crippen LogP contribution in [0.5, 0.6) is 5.75 Å². The molecule has 0 saturated carbocycles. The minimum Gasteiger partial charge on any atom is -0.497 e. The van der Waals surface area contributed by atoms with Gasteiger partial charge in [-0.05, 0) is 55.0 Å². The van der Waals surface area contributed by atoms with Crippen molar-refractivity contribution < 1.29 is 22.7 Å². The van der Waals surface area contributed by atoms with Gasteiger partial charge in [-0.15, -0.1) is 0 Å². The number of hydrogen-bond donors (Lipinski definition) is 1. The number of aromatic nitrogens is 1. The molecule has 164 valence electrons. The summed E-state index contributed by atoms with van der Waals surface area (Å²) in [7, 11) is 1.48. The number of carbonyl (C=O) groups excluding carboxylic acids is 1. The van der Waals surface area contributed by atoms with Crippen molar-refractivity contribution in [3.05, 3.63) is 71.3 Å². The number of methoxy groups -OCH3 is 1. The van der Waals surface area contributed by atoms with Gasteiger partial charge in [0.1, 0.15) is 16.8 Å². The van der Waals surface area contributed by atoms with Gasteiger partial charge in [-0.1, -0.05) is 23.9 Å². The molecule has 0 unspecified atom stereocenters. The quantitative estimate of drug-likeness (QED) is 0.482. The number of halogens is 3. The number of ether oxygens (including phenoxy) is 1. The molecule has 3 aromatic rings. The second kappa shape index (κ2) is 9.75. The topological polar surface area (TPSA) is 75.0 Å². The van der Waals surface area contributed by atoms with Gasteiger partial charge in [0.05, 0.1) is 29.7 Å². The van der Waals surface area contributed by atoms with E-state index in [4.69, 9.17) is 4.74 Å². The Labute approximate surface area is 187 Å². The highest BCUT2D eigenvalue weighted by Crippen LogP contribution is 2.38. The molecule has 0 spiro atoms.